The Morgan fingerprint density at radius 3 is 2.72 bits per heavy atom. The van der Waals surface area contributed by atoms with E-state index in [9.17, 15) is 4.39 Å². The van der Waals surface area contributed by atoms with Crippen LogP contribution in [0, 0.1) is 5.82 Å². The SMILES string of the molecule is CCNC(=NCc1ccc(Br)cc1F)NCc1csc(N(C)C)n1.I. The molecule has 0 fully saturated rings. The summed E-state index contributed by atoms with van der Waals surface area (Å²) in [4.78, 5) is 10.9. The third-order valence-corrected chi connectivity index (χ3v) is 4.68. The third kappa shape index (κ3) is 7.06. The minimum atomic E-state index is -0.265. The molecule has 0 aliphatic heterocycles. The van der Waals surface area contributed by atoms with Crippen molar-refractivity contribution in [2.24, 2.45) is 4.99 Å². The molecule has 0 aliphatic carbocycles. The number of aromatic nitrogens is 1. The number of benzene rings is 1. The van der Waals surface area contributed by atoms with Gasteiger partial charge in [-0.1, -0.05) is 22.0 Å². The second-order valence-electron chi connectivity index (χ2n) is 5.30. The maximum Gasteiger partial charge on any atom is 0.191 e. The molecule has 0 saturated carbocycles. The second kappa shape index (κ2) is 10.9. The van der Waals surface area contributed by atoms with Gasteiger partial charge < -0.3 is 15.5 Å². The van der Waals surface area contributed by atoms with E-state index in [4.69, 9.17) is 0 Å². The fraction of sp³-hybridized carbons (Fsp3) is 0.375. The van der Waals surface area contributed by atoms with Crippen LogP contribution in [0.4, 0.5) is 9.52 Å². The molecule has 1 aromatic carbocycles. The summed E-state index contributed by atoms with van der Waals surface area (Å²) in [5, 5.41) is 9.36. The number of rotatable bonds is 6. The van der Waals surface area contributed by atoms with Crippen molar-refractivity contribution in [2.45, 2.75) is 20.0 Å². The van der Waals surface area contributed by atoms with Gasteiger partial charge in [0.25, 0.3) is 0 Å². The Bertz CT molecular complexity index is 708. The molecule has 1 heterocycles. The van der Waals surface area contributed by atoms with Crippen molar-refractivity contribution in [1.82, 2.24) is 15.6 Å². The summed E-state index contributed by atoms with van der Waals surface area (Å²) in [5.74, 6) is 0.373. The fourth-order valence-electron chi connectivity index (χ4n) is 1.91. The van der Waals surface area contributed by atoms with Crippen LogP contribution in [0.5, 0.6) is 0 Å². The number of nitrogens with one attached hydrogen (secondary N) is 2. The summed E-state index contributed by atoms with van der Waals surface area (Å²) in [7, 11) is 3.93. The van der Waals surface area contributed by atoms with E-state index < -0.39 is 0 Å². The molecule has 5 nitrogen and oxygen atoms in total. The van der Waals surface area contributed by atoms with Crippen molar-refractivity contribution in [1.29, 1.82) is 0 Å². The van der Waals surface area contributed by atoms with Crippen LogP contribution in [0.2, 0.25) is 0 Å². The summed E-state index contributed by atoms with van der Waals surface area (Å²) in [6, 6.07) is 4.99. The quantitative estimate of drug-likeness (QED) is 0.330. The Labute approximate surface area is 177 Å². The fourth-order valence-corrected chi connectivity index (χ4v) is 3.00. The largest absolute Gasteiger partial charge is 0.357 e. The number of nitrogens with zero attached hydrogens (tertiary/aromatic N) is 3. The van der Waals surface area contributed by atoms with Gasteiger partial charge >= 0.3 is 0 Å². The number of aliphatic imine (C=N–C) groups is 1. The number of hydrogen-bond acceptors (Lipinski definition) is 4. The number of anilines is 1. The van der Waals surface area contributed by atoms with E-state index in [2.05, 4.69) is 36.5 Å². The van der Waals surface area contributed by atoms with Crippen LogP contribution < -0.4 is 15.5 Å². The first kappa shape index (κ1) is 22.1. The van der Waals surface area contributed by atoms with Gasteiger partial charge in [0, 0.05) is 36.1 Å². The van der Waals surface area contributed by atoms with E-state index in [0.29, 0.717) is 18.1 Å². The number of guanidine groups is 1. The van der Waals surface area contributed by atoms with Crippen molar-refractivity contribution >= 4 is 62.3 Å². The lowest BCUT2D eigenvalue weighted by molar-refractivity contribution is 0.609. The van der Waals surface area contributed by atoms with Crippen LogP contribution in [0.25, 0.3) is 0 Å². The second-order valence-corrected chi connectivity index (χ2v) is 7.05. The molecule has 0 spiro atoms. The molecule has 2 aromatic rings. The van der Waals surface area contributed by atoms with Gasteiger partial charge in [0.15, 0.2) is 11.1 Å². The molecule has 2 N–H and O–H groups in total. The Morgan fingerprint density at radius 1 is 1.36 bits per heavy atom. The van der Waals surface area contributed by atoms with E-state index >= 15 is 0 Å². The maximum absolute atomic E-state index is 13.9. The van der Waals surface area contributed by atoms with Crippen LogP contribution in [-0.2, 0) is 13.1 Å². The topological polar surface area (TPSA) is 52.6 Å². The molecule has 9 heteroatoms. The van der Waals surface area contributed by atoms with Crippen molar-refractivity contribution in [2.75, 3.05) is 25.5 Å². The summed E-state index contributed by atoms with van der Waals surface area (Å²) in [6.45, 7) is 3.56. The lowest BCUT2D eigenvalue weighted by Crippen LogP contribution is -2.36. The standard InChI is InChI=1S/C16H21BrFN5S.HI/c1-4-19-15(20-8-11-5-6-12(17)7-14(11)18)21-9-13-10-24-16(22-13)23(2)3;/h5-7,10H,4,8-9H2,1-3H3,(H2,19,20,21);1H. The molecule has 2 rings (SSSR count). The third-order valence-electron chi connectivity index (χ3n) is 3.13. The highest BCUT2D eigenvalue weighted by Gasteiger charge is 2.06. The van der Waals surface area contributed by atoms with Gasteiger partial charge in [0.05, 0.1) is 18.8 Å². The molecule has 0 saturated heterocycles. The molecule has 1 aromatic heterocycles. The zero-order valence-corrected chi connectivity index (χ0v) is 19.1. The molecular formula is C16H22BrFIN5S. The first-order valence-corrected chi connectivity index (χ1v) is 9.24. The predicted molar refractivity (Wildman–Crippen MR) is 118 cm³/mol. The normalized spacial score (nSPS) is 11.0. The molecule has 0 amide bonds. The molecule has 0 radical (unpaired) electrons. The minimum Gasteiger partial charge on any atom is -0.357 e. The highest BCUT2D eigenvalue weighted by Crippen LogP contribution is 2.18. The predicted octanol–water partition coefficient (Wildman–Crippen LogP) is 3.98. The smallest absolute Gasteiger partial charge is 0.191 e. The molecule has 0 aliphatic rings. The number of hydrogen-bond donors (Lipinski definition) is 2. The Morgan fingerprint density at radius 2 is 2.12 bits per heavy atom. The minimum absolute atomic E-state index is 0. The van der Waals surface area contributed by atoms with E-state index in [1.807, 2.05) is 37.4 Å². The van der Waals surface area contributed by atoms with E-state index in [0.717, 1.165) is 21.8 Å². The zero-order chi connectivity index (χ0) is 17.5. The summed E-state index contributed by atoms with van der Waals surface area (Å²) in [6.07, 6.45) is 0. The summed E-state index contributed by atoms with van der Waals surface area (Å²) in [5.41, 5.74) is 1.50. The maximum atomic E-state index is 13.9. The zero-order valence-electron chi connectivity index (χ0n) is 14.3. The van der Waals surface area contributed by atoms with Crippen LogP contribution in [0.1, 0.15) is 18.2 Å². The molecule has 0 unspecified atom stereocenters. The highest BCUT2D eigenvalue weighted by atomic mass is 127. The highest BCUT2D eigenvalue weighted by molar-refractivity contribution is 14.0. The lowest BCUT2D eigenvalue weighted by atomic mass is 10.2. The van der Waals surface area contributed by atoms with Gasteiger partial charge in [0.2, 0.25) is 0 Å². The van der Waals surface area contributed by atoms with Gasteiger partial charge in [-0.2, -0.15) is 0 Å². The van der Waals surface area contributed by atoms with Crippen molar-refractivity contribution < 1.29 is 4.39 Å². The van der Waals surface area contributed by atoms with Crippen molar-refractivity contribution in [3.8, 4) is 0 Å². The van der Waals surface area contributed by atoms with E-state index in [1.165, 1.54) is 6.07 Å². The van der Waals surface area contributed by atoms with Crippen molar-refractivity contribution in [3.05, 3.63) is 45.1 Å². The van der Waals surface area contributed by atoms with Crippen molar-refractivity contribution in [3.63, 3.8) is 0 Å². The number of thiazole rings is 1. The lowest BCUT2D eigenvalue weighted by Gasteiger charge is -2.11. The van der Waals surface area contributed by atoms with Gasteiger partial charge in [-0.15, -0.1) is 35.3 Å². The first-order chi connectivity index (χ1) is 11.5. The van der Waals surface area contributed by atoms with Crippen LogP contribution in [0.3, 0.4) is 0 Å². The molecule has 25 heavy (non-hydrogen) atoms. The Hall–Kier alpha value is -0.940. The summed E-state index contributed by atoms with van der Waals surface area (Å²) < 4.78 is 14.6. The molecule has 0 bridgehead atoms. The van der Waals surface area contributed by atoms with Crippen LogP contribution >= 0.6 is 51.2 Å². The van der Waals surface area contributed by atoms with Gasteiger partial charge in [-0.25, -0.2) is 14.4 Å². The average Bonchev–Trinajstić information content (AvgIpc) is 3.00. The van der Waals surface area contributed by atoms with Gasteiger partial charge in [-0.3, -0.25) is 0 Å². The summed E-state index contributed by atoms with van der Waals surface area (Å²) >= 11 is 4.85. The van der Waals surface area contributed by atoms with Gasteiger partial charge in [0.1, 0.15) is 5.82 Å². The van der Waals surface area contributed by atoms with Gasteiger partial charge in [-0.05, 0) is 19.1 Å². The molecule has 138 valence electrons. The Balaban J connectivity index is 0.00000312. The number of halogens is 3. The first-order valence-electron chi connectivity index (χ1n) is 7.57. The monoisotopic (exact) mass is 541 g/mol. The van der Waals surface area contributed by atoms with E-state index in [-0.39, 0.29) is 36.3 Å². The Kier molecular flexibility index (Phi) is 9.65. The van der Waals surface area contributed by atoms with Crippen LogP contribution in [0.15, 0.2) is 33.0 Å². The average molecular weight is 542 g/mol. The van der Waals surface area contributed by atoms with E-state index in [1.54, 1.807) is 17.4 Å². The van der Waals surface area contributed by atoms with Crippen LogP contribution in [-0.4, -0.2) is 31.6 Å². The molecular weight excluding hydrogens is 520 g/mol. The molecule has 0 atom stereocenters.